The Labute approximate surface area is 145 Å². The fourth-order valence-electron chi connectivity index (χ4n) is 2.30. The van der Waals surface area contributed by atoms with E-state index in [1.54, 1.807) is 0 Å². The lowest BCUT2D eigenvalue weighted by molar-refractivity contribution is 0.455. The molecule has 2 aromatic rings. The fraction of sp³-hybridized carbons (Fsp3) is 0.429. The Balaban J connectivity index is 0.00000161. The van der Waals surface area contributed by atoms with Gasteiger partial charge in [-0.1, -0.05) is 6.07 Å². The Morgan fingerprint density at radius 3 is 2.95 bits per heavy atom. The van der Waals surface area contributed by atoms with E-state index < -0.39 is 0 Å². The molecule has 114 valence electrons. The Hall–Kier alpha value is -0.960. The summed E-state index contributed by atoms with van der Waals surface area (Å²) in [5, 5.41) is 0. The van der Waals surface area contributed by atoms with E-state index in [1.807, 2.05) is 17.8 Å². The van der Waals surface area contributed by atoms with Gasteiger partial charge in [0, 0.05) is 24.6 Å². The maximum atomic E-state index is 6.04. The van der Waals surface area contributed by atoms with E-state index in [-0.39, 0.29) is 24.0 Å². The highest BCUT2D eigenvalue weighted by molar-refractivity contribution is 14.0. The van der Waals surface area contributed by atoms with Gasteiger partial charge in [-0.2, -0.15) is 11.8 Å². The van der Waals surface area contributed by atoms with Crippen molar-refractivity contribution in [3.63, 3.8) is 0 Å². The normalized spacial score (nSPS) is 16.0. The average Bonchev–Trinajstić information content (AvgIpc) is 2.87. The molecule has 0 amide bonds. The number of nitrogens with zero attached hydrogens (tertiary/aromatic N) is 3. The van der Waals surface area contributed by atoms with Crippen LogP contribution in [0.3, 0.4) is 0 Å². The Kier molecular flexibility index (Phi) is 5.74. The van der Waals surface area contributed by atoms with Gasteiger partial charge in [-0.05, 0) is 24.6 Å². The van der Waals surface area contributed by atoms with Crippen molar-refractivity contribution in [2.24, 2.45) is 10.7 Å². The van der Waals surface area contributed by atoms with Crippen LogP contribution in [0.5, 0.6) is 0 Å². The lowest BCUT2D eigenvalue weighted by Gasteiger charge is -2.27. The zero-order chi connectivity index (χ0) is 13.9. The monoisotopic (exact) mass is 417 g/mol. The number of aromatic amines is 1. The van der Waals surface area contributed by atoms with Crippen LogP contribution in [0.1, 0.15) is 11.4 Å². The van der Waals surface area contributed by atoms with Gasteiger partial charge >= 0.3 is 0 Å². The predicted octanol–water partition coefficient (Wildman–Crippen LogP) is 2.35. The van der Waals surface area contributed by atoms with Gasteiger partial charge in [0.1, 0.15) is 12.4 Å². The van der Waals surface area contributed by atoms with Gasteiger partial charge in [-0.15, -0.1) is 24.0 Å². The van der Waals surface area contributed by atoms with Gasteiger partial charge < -0.3 is 15.6 Å². The molecule has 7 heteroatoms. The average molecular weight is 417 g/mol. The summed E-state index contributed by atoms with van der Waals surface area (Å²) in [6, 6.07) is 6.19. The molecule has 1 aliphatic heterocycles. The number of thioether (sulfide) groups is 1. The molecule has 0 atom stereocenters. The highest BCUT2D eigenvalue weighted by Crippen LogP contribution is 2.14. The number of H-pyrrole nitrogens is 1. The van der Waals surface area contributed by atoms with Crippen LogP contribution >= 0.6 is 35.7 Å². The Morgan fingerprint density at radius 2 is 2.19 bits per heavy atom. The molecule has 3 N–H and O–H groups in total. The summed E-state index contributed by atoms with van der Waals surface area (Å²) in [5.41, 5.74) is 9.30. The van der Waals surface area contributed by atoms with E-state index in [4.69, 9.17) is 5.73 Å². The van der Waals surface area contributed by atoms with Gasteiger partial charge in [-0.25, -0.2) is 9.98 Å². The zero-order valence-corrected chi connectivity index (χ0v) is 15.1. The molecule has 1 aromatic heterocycles. The largest absolute Gasteiger partial charge is 0.370 e. The summed E-state index contributed by atoms with van der Waals surface area (Å²) in [7, 11) is 0. The lowest BCUT2D eigenvalue weighted by atomic mass is 10.2. The van der Waals surface area contributed by atoms with Gasteiger partial charge in [0.2, 0.25) is 0 Å². The molecular formula is C14H20IN5S. The van der Waals surface area contributed by atoms with Gasteiger partial charge in [0.15, 0.2) is 5.96 Å². The number of hydrogen-bond acceptors (Lipinski definition) is 3. The van der Waals surface area contributed by atoms with Crippen molar-refractivity contribution in [3.8, 4) is 0 Å². The number of imidazole rings is 1. The number of aromatic nitrogens is 2. The molecule has 1 aromatic carbocycles. The lowest BCUT2D eigenvalue weighted by Crippen LogP contribution is -2.42. The SMILES string of the molecule is Cc1ccc2nc(CN=C(N)N3CCSCC3)[nH]c2c1.I. The molecule has 0 aliphatic carbocycles. The summed E-state index contributed by atoms with van der Waals surface area (Å²) in [6.07, 6.45) is 0. The van der Waals surface area contributed by atoms with E-state index in [1.165, 1.54) is 5.56 Å². The van der Waals surface area contributed by atoms with Gasteiger partial charge in [-0.3, -0.25) is 0 Å². The summed E-state index contributed by atoms with van der Waals surface area (Å²) in [4.78, 5) is 14.4. The maximum Gasteiger partial charge on any atom is 0.191 e. The van der Waals surface area contributed by atoms with E-state index in [2.05, 4.69) is 38.9 Å². The Morgan fingerprint density at radius 1 is 1.43 bits per heavy atom. The number of guanidine groups is 1. The minimum Gasteiger partial charge on any atom is -0.370 e. The van der Waals surface area contributed by atoms with Crippen LogP contribution < -0.4 is 5.73 Å². The number of fused-ring (bicyclic) bond motifs is 1. The van der Waals surface area contributed by atoms with Gasteiger partial charge in [0.25, 0.3) is 0 Å². The molecule has 0 radical (unpaired) electrons. The van der Waals surface area contributed by atoms with Gasteiger partial charge in [0.05, 0.1) is 11.0 Å². The molecule has 0 saturated carbocycles. The third-order valence-electron chi connectivity index (χ3n) is 3.41. The van der Waals surface area contributed by atoms with Crippen LogP contribution in [0.25, 0.3) is 11.0 Å². The van der Waals surface area contributed by atoms with Crippen LogP contribution in [0.15, 0.2) is 23.2 Å². The molecule has 1 saturated heterocycles. The number of nitrogens with two attached hydrogens (primary N) is 1. The highest BCUT2D eigenvalue weighted by atomic mass is 127. The third kappa shape index (κ3) is 4.03. The number of halogens is 1. The number of hydrogen-bond donors (Lipinski definition) is 2. The zero-order valence-electron chi connectivity index (χ0n) is 12.0. The predicted molar refractivity (Wildman–Crippen MR) is 100 cm³/mol. The number of aryl methyl sites for hydroxylation is 1. The third-order valence-corrected chi connectivity index (χ3v) is 4.35. The van der Waals surface area contributed by atoms with Crippen LogP contribution in [-0.2, 0) is 6.54 Å². The highest BCUT2D eigenvalue weighted by Gasteiger charge is 2.12. The first-order chi connectivity index (χ1) is 9.72. The number of nitrogens with one attached hydrogen (secondary N) is 1. The van der Waals surface area contributed by atoms with Crippen LogP contribution in [0.4, 0.5) is 0 Å². The molecule has 1 fully saturated rings. The summed E-state index contributed by atoms with van der Waals surface area (Å²) < 4.78 is 0. The molecule has 0 bridgehead atoms. The van der Waals surface area contributed by atoms with E-state index in [9.17, 15) is 0 Å². The van der Waals surface area contributed by atoms with Crippen molar-refractivity contribution in [2.45, 2.75) is 13.5 Å². The number of aliphatic imine (C=N–C) groups is 1. The first-order valence-electron chi connectivity index (χ1n) is 6.80. The van der Waals surface area contributed by atoms with Crippen molar-refractivity contribution < 1.29 is 0 Å². The second kappa shape index (κ2) is 7.35. The summed E-state index contributed by atoms with van der Waals surface area (Å²) in [6.45, 7) is 4.55. The maximum absolute atomic E-state index is 6.04. The van der Waals surface area contributed by atoms with Crippen molar-refractivity contribution in [1.29, 1.82) is 0 Å². The van der Waals surface area contributed by atoms with Crippen LogP contribution in [-0.4, -0.2) is 45.4 Å². The second-order valence-electron chi connectivity index (χ2n) is 4.98. The van der Waals surface area contributed by atoms with E-state index in [0.29, 0.717) is 12.5 Å². The molecule has 21 heavy (non-hydrogen) atoms. The smallest absolute Gasteiger partial charge is 0.191 e. The van der Waals surface area contributed by atoms with E-state index >= 15 is 0 Å². The number of benzene rings is 1. The Bertz CT molecular complexity index is 633. The minimum absolute atomic E-state index is 0. The quantitative estimate of drug-likeness (QED) is 0.447. The molecule has 5 nitrogen and oxygen atoms in total. The van der Waals surface area contributed by atoms with Crippen molar-refractivity contribution >= 4 is 52.7 Å². The molecule has 2 heterocycles. The van der Waals surface area contributed by atoms with Crippen molar-refractivity contribution in [1.82, 2.24) is 14.9 Å². The topological polar surface area (TPSA) is 70.3 Å². The molecule has 0 unspecified atom stereocenters. The summed E-state index contributed by atoms with van der Waals surface area (Å²) >= 11 is 1.96. The standard InChI is InChI=1S/C14H19N5S.HI/c1-10-2-3-11-12(8-10)18-13(17-11)9-16-14(15)19-4-6-20-7-5-19;/h2-3,8H,4-7,9H2,1H3,(H2,15,16)(H,17,18);1H. The molecule has 1 aliphatic rings. The molecule has 0 spiro atoms. The molecular weight excluding hydrogens is 397 g/mol. The fourth-order valence-corrected chi connectivity index (χ4v) is 3.20. The van der Waals surface area contributed by atoms with Crippen LogP contribution in [0.2, 0.25) is 0 Å². The first kappa shape index (κ1) is 16.4. The summed E-state index contributed by atoms with van der Waals surface area (Å²) in [5.74, 6) is 3.74. The second-order valence-corrected chi connectivity index (χ2v) is 6.20. The van der Waals surface area contributed by atoms with E-state index in [0.717, 1.165) is 41.5 Å². The van der Waals surface area contributed by atoms with Crippen molar-refractivity contribution in [3.05, 3.63) is 29.6 Å². The van der Waals surface area contributed by atoms with Crippen LogP contribution in [0, 0.1) is 6.92 Å². The molecule has 3 rings (SSSR count). The van der Waals surface area contributed by atoms with Crippen molar-refractivity contribution in [2.75, 3.05) is 24.6 Å². The first-order valence-corrected chi connectivity index (χ1v) is 7.96. The number of rotatable bonds is 2. The minimum atomic E-state index is 0.